The molecule has 3 aromatic carbocycles. The Labute approximate surface area is 191 Å². The first-order valence-electron chi connectivity index (χ1n) is 10.6. The first-order chi connectivity index (χ1) is 16.1. The maximum Gasteiger partial charge on any atom is 0.407 e. The number of nitrogens with one attached hydrogen (secondary N) is 1. The van der Waals surface area contributed by atoms with Crippen LogP contribution in [-0.2, 0) is 25.7 Å². The second kappa shape index (κ2) is 10.1. The fourth-order valence-corrected chi connectivity index (χ4v) is 3.91. The van der Waals surface area contributed by atoms with Crippen LogP contribution in [0.1, 0.15) is 22.6 Å². The zero-order valence-electron chi connectivity index (χ0n) is 17.8. The summed E-state index contributed by atoms with van der Waals surface area (Å²) in [7, 11) is 0. The van der Waals surface area contributed by atoms with Crippen molar-refractivity contribution in [2.24, 2.45) is 0 Å². The second-order valence-electron chi connectivity index (χ2n) is 7.63. The van der Waals surface area contributed by atoms with Gasteiger partial charge in [-0.3, -0.25) is 4.79 Å². The van der Waals surface area contributed by atoms with E-state index in [0.717, 1.165) is 22.3 Å². The topological polar surface area (TPSA) is 102 Å². The van der Waals surface area contributed by atoms with Crippen LogP contribution >= 0.6 is 0 Å². The highest BCUT2D eigenvalue weighted by Gasteiger charge is 2.31. The number of carbonyl (C=O) groups excluding carboxylic acids is 3. The molecule has 0 fully saturated rings. The minimum atomic E-state index is -1.45. The lowest BCUT2D eigenvalue weighted by atomic mass is 9.98. The van der Waals surface area contributed by atoms with Crippen molar-refractivity contribution >= 4 is 17.8 Å². The summed E-state index contributed by atoms with van der Waals surface area (Å²) in [5.74, 6) is -2.35. The normalized spacial score (nSPS) is 12.9. The standard InChI is InChI=1S/C26H23NO6/c28-14-23(24(29)25(30)32-15-17-8-2-1-3-9-17)27-26(31)33-16-22-20-12-6-4-10-18(20)19-11-5-7-13-21(19)22/h1-13,22-23,28H,14-16H2,(H,27,31)/t23-/m0/s1. The first-order valence-corrected chi connectivity index (χ1v) is 10.6. The van der Waals surface area contributed by atoms with Gasteiger partial charge in [0.25, 0.3) is 5.78 Å². The first kappa shape index (κ1) is 22.2. The molecule has 1 atom stereocenters. The molecule has 0 aliphatic heterocycles. The van der Waals surface area contributed by atoms with Crippen molar-refractivity contribution in [2.45, 2.75) is 18.6 Å². The Morgan fingerprint density at radius 2 is 1.39 bits per heavy atom. The molecule has 0 saturated heterocycles. The van der Waals surface area contributed by atoms with Gasteiger partial charge in [-0.1, -0.05) is 78.9 Å². The van der Waals surface area contributed by atoms with E-state index in [1.165, 1.54) is 0 Å². The van der Waals surface area contributed by atoms with E-state index in [0.29, 0.717) is 5.56 Å². The van der Waals surface area contributed by atoms with Gasteiger partial charge in [0, 0.05) is 5.92 Å². The van der Waals surface area contributed by atoms with Crippen LogP contribution in [0, 0.1) is 0 Å². The molecule has 168 valence electrons. The molecule has 2 N–H and O–H groups in total. The molecule has 0 unspecified atom stereocenters. The summed E-state index contributed by atoms with van der Waals surface area (Å²) in [6, 6.07) is 23.2. The lowest BCUT2D eigenvalue weighted by Gasteiger charge is -2.17. The number of Topliss-reactive ketones (excluding diaryl/α,β-unsaturated/α-hetero) is 1. The molecule has 0 spiro atoms. The average Bonchev–Trinajstić information content (AvgIpc) is 3.18. The molecule has 1 aliphatic carbocycles. The van der Waals surface area contributed by atoms with Crippen LogP contribution in [0.2, 0.25) is 0 Å². The third-order valence-electron chi connectivity index (χ3n) is 5.55. The number of hydrogen-bond acceptors (Lipinski definition) is 6. The highest BCUT2D eigenvalue weighted by Crippen LogP contribution is 2.44. The molecule has 33 heavy (non-hydrogen) atoms. The van der Waals surface area contributed by atoms with Gasteiger partial charge >= 0.3 is 12.1 Å². The number of hydrogen-bond donors (Lipinski definition) is 2. The van der Waals surface area contributed by atoms with Crippen LogP contribution in [0.25, 0.3) is 11.1 Å². The summed E-state index contributed by atoms with van der Waals surface area (Å²) < 4.78 is 10.3. The van der Waals surface area contributed by atoms with Gasteiger partial charge in [-0.25, -0.2) is 9.59 Å². The molecule has 7 heteroatoms. The van der Waals surface area contributed by atoms with Crippen molar-refractivity contribution in [3.63, 3.8) is 0 Å². The third-order valence-corrected chi connectivity index (χ3v) is 5.55. The Bertz CT molecular complexity index is 1110. The van der Waals surface area contributed by atoms with E-state index < -0.39 is 30.5 Å². The summed E-state index contributed by atoms with van der Waals surface area (Å²) in [5.41, 5.74) is 4.98. The summed E-state index contributed by atoms with van der Waals surface area (Å²) >= 11 is 0. The van der Waals surface area contributed by atoms with Crippen LogP contribution < -0.4 is 5.32 Å². The van der Waals surface area contributed by atoms with E-state index in [2.05, 4.69) is 5.32 Å². The van der Waals surface area contributed by atoms with E-state index in [-0.39, 0.29) is 19.1 Å². The molecular formula is C26H23NO6. The summed E-state index contributed by atoms with van der Waals surface area (Å²) in [6.07, 6.45) is -0.903. The van der Waals surface area contributed by atoms with Crippen molar-refractivity contribution in [1.82, 2.24) is 5.32 Å². The number of esters is 1. The highest BCUT2D eigenvalue weighted by atomic mass is 16.6. The monoisotopic (exact) mass is 445 g/mol. The SMILES string of the molecule is O=C(N[C@@H](CO)C(=O)C(=O)OCc1ccccc1)OCC1c2ccccc2-c2ccccc21. The summed E-state index contributed by atoms with van der Waals surface area (Å²) in [5, 5.41) is 11.8. The summed E-state index contributed by atoms with van der Waals surface area (Å²) in [4.78, 5) is 36.7. The van der Waals surface area contributed by atoms with Crippen LogP contribution in [-0.4, -0.2) is 42.2 Å². The average molecular weight is 445 g/mol. The maximum absolute atomic E-state index is 12.4. The van der Waals surface area contributed by atoms with Crippen LogP contribution in [0.4, 0.5) is 4.79 Å². The maximum atomic E-state index is 12.4. The number of amides is 1. The molecule has 0 radical (unpaired) electrons. The van der Waals surface area contributed by atoms with Gasteiger partial charge in [0.2, 0.25) is 0 Å². The number of ketones is 1. The number of fused-ring (bicyclic) bond motifs is 3. The van der Waals surface area contributed by atoms with Crippen molar-refractivity contribution in [2.75, 3.05) is 13.2 Å². The number of rotatable bonds is 8. The molecule has 4 rings (SSSR count). The molecule has 0 aromatic heterocycles. The Morgan fingerprint density at radius 1 is 0.818 bits per heavy atom. The van der Waals surface area contributed by atoms with Gasteiger partial charge < -0.3 is 19.9 Å². The third kappa shape index (κ3) is 4.94. The lowest BCUT2D eigenvalue weighted by molar-refractivity contribution is -0.156. The quantitative estimate of drug-likeness (QED) is 0.408. The fraction of sp³-hybridized carbons (Fsp3) is 0.192. The predicted octanol–water partition coefficient (Wildman–Crippen LogP) is 3.20. The largest absolute Gasteiger partial charge is 0.455 e. The van der Waals surface area contributed by atoms with E-state index in [1.54, 1.807) is 24.3 Å². The Hall–Kier alpha value is -3.97. The van der Waals surface area contributed by atoms with Gasteiger partial charge in [-0.05, 0) is 27.8 Å². The number of aliphatic hydroxyl groups is 1. The number of alkyl carbamates (subject to hydrolysis) is 1. The zero-order chi connectivity index (χ0) is 23.2. The van der Waals surface area contributed by atoms with E-state index in [9.17, 15) is 19.5 Å². The zero-order valence-corrected chi connectivity index (χ0v) is 17.8. The van der Waals surface area contributed by atoms with E-state index in [1.807, 2.05) is 54.6 Å². The Morgan fingerprint density at radius 3 is 2.00 bits per heavy atom. The Kier molecular flexibility index (Phi) is 6.80. The molecule has 0 bridgehead atoms. The van der Waals surface area contributed by atoms with E-state index in [4.69, 9.17) is 9.47 Å². The van der Waals surface area contributed by atoms with Gasteiger partial charge in [-0.15, -0.1) is 0 Å². The molecule has 1 amide bonds. The van der Waals surface area contributed by atoms with Gasteiger partial charge in [0.15, 0.2) is 0 Å². The number of carbonyl (C=O) groups is 3. The van der Waals surface area contributed by atoms with Crippen LogP contribution in [0.3, 0.4) is 0 Å². The minimum absolute atomic E-state index is 0.0463. The molecular weight excluding hydrogens is 422 g/mol. The fourth-order valence-electron chi connectivity index (χ4n) is 3.91. The van der Waals surface area contributed by atoms with Crippen molar-refractivity contribution in [3.8, 4) is 11.1 Å². The van der Waals surface area contributed by atoms with Crippen molar-refractivity contribution in [1.29, 1.82) is 0 Å². The molecule has 7 nitrogen and oxygen atoms in total. The van der Waals surface area contributed by atoms with Crippen molar-refractivity contribution in [3.05, 3.63) is 95.6 Å². The molecule has 0 heterocycles. The van der Waals surface area contributed by atoms with Crippen molar-refractivity contribution < 1.29 is 29.0 Å². The molecule has 3 aromatic rings. The number of benzene rings is 3. The smallest absolute Gasteiger partial charge is 0.407 e. The second-order valence-corrected chi connectivity index (χ2v) is 7.63. The van der Waals surface area contributed by atoms with Gasteiger partial charge in [0.1, 0.15) is 19.3 Å². The minimum Gasteiger partial charge on any atom is -0.455 e. The number of ether oxygens (including phenoxy) is 2. The lowest BCUT2D eigenvalue weighted by Crippen LogP contribution is -2.47. The van der Waals surface area contributed by atoms with Gasteiger partial charge in [0.05, 0.1) is 6.61 Å². The predicted molar refractivity (Wildman–Crippen MR) is 120 cm³/mol. The highest BCUT2D eigenvalue weighted by molar-refractivity contribution is 6.36. The van der Waals surface area contributed by atoms with Gasteiger partial charge in [-0.2, -0.15) is 0 Å². The molecule has 0 saturated carbocycles. The molecule has 1 aliphatic rings. The van der Waals surface area contributed by atoms with Crippen LogP contribution in [0.15, 0.2) is 78.9 Å². The number of aliphatic hydroxyl groups excluding tert-OH is 1. The van der Waals surface area contributed by atoms with E-state index >= 15 is 0 Å². The van der Waals surface area contributed by atoms with Crippen LogP contribution in [0.5, 0.6) is 0 Å². The summed E-state index contributed by atoms with van der Waals surface area (Å²) in [6.45, 7) is -0.803. The Balaban J connectivity index is 1.34.